The molecule has 3 unspecified atom stereocenters. The Kier molecular flexibility index (Phi) is 5.19. The molecule has 2 N–H and O–H groups in total. The SMILES string of the molecule is CC1COC(CO)CN1C(C)C(=O)NC1CCCC1. The van der Waals surface area contributed by atoms with Crippen LogP contribution in [0.15, 0.2) is 0 Å². The van der Waals surface area contributed by atoms with Gasteiger partial charge in [0.1, 0.15) is 0 Å². The first-order valence-electron chi connectivity index (χ1n) is 7.40. The molecule has 3 atom stereocenters. The molecule has 2 rings (SSSR count). The van der Waals surface area contributed by atoms with E-state index in [9.17, 15) is 9.90 Å². The Morgan fingerprint density at radius 1 is 1.47 bits per heavy atom. The first-order chi connectivity index (χ1) is 9.11. The summed E-state index contributed by atoms with van der Waals surface area (Å²) >= 11 is 0. The number of amides is 1. The normalized spacial score (nSPS) is 31.3. The highest BCUT2D eigenvalue weighted by Gasteiger charge is 2.33. The first kappa shape index (κ1) is 14.8. The van der Waals surface area contributed by atoms with Crippen LogP contribution in [0.3, 0.4) is 0 Å². The number of hydrogen-bond acceptors (Lipinski definition) is 4. The fraction of sp³-hybridized carbons (Fsp3) is 0.929. The lowest BCUT2D eigenvalue weighted by Gasteiger charge is -2.40. The van der Waals surface area contributed by atoms with Crippen molar-refractivity contribution in [2.75, 3.05) is 19.8 Å². The van der Waals surface area contributed by atoms with Gasteiger partial charge in [-0.1, -0.05) is 12.8 Å². The van der Waals surface area contributed by atoms with Gasteiger partial charge in [0.25, 0.3) is 0 Å². The zero-order valence-corrected chi connectivity index (χ0v) is 12.0. The molecule has 5 nitrogen and oxygen atoms in total. The highest BCUT2D eigenvalue weighted by Crippen LogP contribution is 2.19. The number of carbonyl (C=O) groups is 1. The third-order valence-electron chi connectivity index (χ3n) is 4.34. The maximum atomic E-state index is 12.3. The van der Waals surface area contributed by atoms with Crippen LogP contribution in [0.2, 0.25) is 0 Å². The van der Waals surface area contributed by atoms with Crippen molar-refractivity contribution in [3.63, 3.8) is 0 Å². The highest BCUT2D eigenvalue weighted by atomic mass is 16.5. The number of aliphatic hydroxyl groups is 1. The van der Waals surface area contributed by atoms with Crippen LogP contribution in [0, 0.1) is 0 Å². The number of morpholine rings is 1. The van der Waals surface area contributed by atoms with Gasteiger partial charge in [-0.15, -0.1) is 0 Å². The van der Waals surface area contributed by atoms with Gasteiger partial charge in [-0.25, -0.2) is 0 Å². The first-order valence-corrected chi connectivity index (χ1v) is 7.40. The number of ether oxygens (including phenoxy) is 1. The van der Waals surface area contributed by atoms with Crippen molar-refractivity contribution in [3.8, 4) is 0 Å². The summed E-state index contributed by atoms with van der Waals surface area (Å²) in [6, 6.07) is 0.417. The highest BCUT2D eigenvalue weighted by molar-refractivity contribution is 5.81. The fourth-order valence-corrected chi connectivity index (χ4v) is 3.03. The lowest BCUT2D eigenvalue weighted by molar-refractivity contribution is -0.135. The van der Waals surface area contributed by atoms with E-state index in [2.05, 4.69) is 17.1 Å². The van der Waals surface area contributed by atoms with Crippen molar-refractivity contribution in [2.45, 2.75) is 63.8 Å². The molecule has 0 aromatic carbocycles. The molecule has 110 valence electrons. The smallest absolute Gasteiger partial charge is 0.237 e. The summed E-state index contributed by atoms with van der Waals surface area (Å²) in [4.78, 5) is 14.4. The topological polar surface area (TPSA) is 61.8 Å². The van der Waals surface area contributed by atoms with Crippen molar-refractivity contribution in [2.24, 2.45) is 0 Å². The summed E-state index contributed by atoms with van der Waals surface area (Å²) in [5.41, 5.74) is 0. The lowest BCUT2D eigenvalue weighted by atomic mass is 10.1. The van der Waals surface area contributed by atoms with Gasteiger partial charge in [-0.3, -0.25) is 9.69 Å². The minimum Gasteiger partial charge on any atom is -0.394 e. The van der Waals surface area contributed by atoms with Crippen LogP contribution in [0.25, 0.3) is 0 Å². The second-order valence-electron chi connectivity index (χ2n) is 5.85. The molecular weight excluding hydrogens is 244 g/mol. The Morgan fingerprint density at radius 2 is 2.16 bits per heavy atom. The van der Waals surface area contributed by atoms with Crippen LogP contribution in [0.4, 0.5) is 0 Å². The molecule has 1 saturated heterocycles. The molecule has 1 saturated carbocycles. The molecule has 5 heteroatoms. The largest absolute Gasteiger partial charge is 0.394 e. The van der Waals surface area contributed by atoms with Crippen LogP contribution in [-0.2, 0) is 9.53 Å². The van der Waals surface area contributed by atoms with Gasteiger partial charge < -0.3 is 15.2 Å². The Labute approximate surface area is 115 Å². The second-order valence-corrected chi connectivity index (χ2v) is 5.85. The number of carbonyl (C=O) groups excluding carboxylic acids is 1. The Morgan fingerprint density at radius 3 is 2.79 bits per heavy atom. The molecular formula is C14H26N2O3. The van der Waals surface area contributed by atoms with Crippen molar-refractivity contribution in [1.82, 2.24) is 10.2 Å². The summed E-state index contributed by atoms with van der Waals surface area (Å²) in [6.07, 6.45) is 4.49. The predicted octanol–water partition coefficient (Wildman–Crippen LogP) is 0.515. The summed E-state index contributed by atoms with van der Waals surface area (Å²) in [6.45, 7) is 5.22. The van der Waals surface area contributed by atoms with E-state index in [4.69, 9.17) is 4.74 Å². The van der Waals surface area contributed by atoms with E-state index in [1.807, 2.05) is 6.92 Å². The van der Waals surface area contributed by atoms with E-state index in [1.165, 1.54) is 12.8 Å². The third kappa shape index (κ3) is 3.68. The maximum Gasteiger partial charge on any atom is 0.237 e. The lowest BCUT2D eigenvalue weighted by Crippen LogP contribution is -2.57. The molecule has 1 aliphatic heterocycles. The number of nitrogens with zero attached hydrogens (tertiary/aromatic N) is 1. The zero-order chi connectivity index (χ0) is 13.8. The van der Waals surface area contributed by atoms with Gasteiger partial charge in [-0.05, 0) is 26.7 Å². The quantitative estimate of drug-likeness (QED) is 0.781. The Bertz CT molecular complexity index is 305. The summed E-state index contributed by atoms with van der Waals surface area (Å²) in [5.74, 6) is 0.109. The average molecular weight is 270 g/mol. The van der Waals surface area contributed by atoms with Crippen molar-refractivity contribution in [1.29, 1.82) is 0 Å². The van der Waals surface area contributed by atoms with Gasteiger partial charge in [-0.2, -0.15) is 0 Å². The van der Waals surface area contributed by atoms with Crippen molar-refractivity contribution in [3.05, 3.63) is 0 Å². The Balaban J connectivity index is 1.88. The van der Waals surface area contributed by atoms with E-state index in [-0.39, 0.29) is 30.7 Å². The molecule has 1 aliphatic carbocycles. The Hall–Kier alpha value is -0.650. The minimum atomic E-state index is -0.169. The van der Waals surface area contributed by atoms with E-state index >= 15 is 0 Å². The third-order valence-corrected chi connectivity index (χ3v) is 4.34. The number of aliphatic hydroxyl groups excluding tert-OH is 1. The van der Waals surface area contributed by atoms with Crippen LogP contribution in [0.1, 0.15) is 39.5 Å². The molecule has 1 heterocycles. The van der Waals surface area contributed by atoms with Crippen LogP contribution < -0.4 is 5.32 Å². The van der Waals surface area contributed by atoms with Gasteiger partial charge >= 0.3 is 0 Å². The number of hydrogen-bond donors (Lipinski definition) is 2. The van der Waals surface area contributed by atoms with Gasteiger partial charge in [0.2, 0.25) is 5.91 Å². The maximum absolute atomic E-state index is 12.3. The van der Waals surface area contributed by atoms with Crippen LogP contribution >= 0.6 is 0 Å². The average Bonchev–Trinajstić information content (AvgIpc) is 2.91. The molecule has 0 spiro atoms. The monoisotopic (exact) mass is 270 g/mol. The summed E-state index contributed by atoms with van der Waals surface area (Å²) < 4.78 is 5.51. The van der Waals surface area contributed by atoms with Crippen molar-refractivity contribution >= 4 is 5.91 Å². The molecule has 0 aromatic rings. The summed E-state index contributed by atoms with van der Waals surface area (Å²) in [7, 11) is 0. The minimum absolute atomic E-state index is 0.0141. The van der Waals surface area contributed by atoms with Gasteiger partial charge in [0.15, 0.2) is 0 Å². The number of rotatable bonds is 4. The van der Waals surface area contributed by atoms with E-state index < -0.39 is 0 Å². The van der Waals surface area contributed by atoms with E-state index in [0.717, 1.165) is 12.8 Å². The zero-order valence-electron chi connectivity index (χ0n) is 12.0. The molecule has 19 heavy (non-hydrogen) atoms. The second kappa shape index (κ2) is 6.68. The van der Waals surface area contributed by atoms with Crippen LogP contribution in [0.5, 0.6) is 0 Å². The molecule has 0 bridgehead atoms. The van der Waals surface area contributed by atoms with Gasteiger partial charge in [0.05, 0.1) is 25.4 Å². The molecule has 0 radical (unpaired) electrons. The summed E-state index contributed by atoms with van der Waals surface area (Å²) in [5, 5.41) is 12.3. The predicted molar refractivity (Wildman–Crippen MR) is 72.9 cm³/mol. The molecule has 1 amide bonds. The number of nitrogens with one attached hydrogen (secondary N) is 1. The van der Waals surface area contributed by atoms with Gasteiger partial charge in [0, 0.05) is 18.6 Å². The van der Waals surface area contributed by atoms with Crippen LogP contribution in [-0.4, -0.2) is 59.9 Å². The molecule has 2 fully saturated rings. The fourth-order valence-electron chi connectivity index (χ4n) is 3.03. The molecule has 0 aromatic heterocycles. The standard InChI is InChI=1S/C14H26N2O3/c1-10-9-19-13(8-17)7-16(10)11(2)14(18)15-12-5-3-4-6-12/h10-13,17H,3-9H2,1-2H3,(H,15,18). The van der Waals surface area contributed by atoms with E-state index in [0.29, 0.717) is 19.2 Å². The van der Waals surface area contributed by atoms with E-state index in [1.54, 1.807) is 0 Å². The van der Waals surface area contributed by atoms with Crippen molar-refractivity contribution < 1.29 is 14.6 Å². The molecule has 2 aliphatic rings.